The molecule has 0 amide bonds. The van der Waals surface area contributed by atoms with Crippen LogP contribution in [0.25, 0.3) is 5.69 Å². The van der Waals surface area contributed by atoms with Crippen LogP contribution < -0.4 is 16.0 Å². The van der Waals surface area contributed by atoms with Crippen molar-refractivity contribution in [2.24, 2.45) is 7.05 Å². The number of alkyl halides is 3. The fourth-order valence-electron chi connectivity index (χ4n) is 2.27. The molecule has 11 heteroatoms. The van der Waals surface area contributed by atoms with Crippen molar-refractivity contribution in [2.45, 2.75) is 13.1 Å². The standard InChI is InChI=1S/C16H15ClF4N2O4/c1-3-26-4-5-27-12-7-11(10(18)6-9(12)17)23-14(24)8-13(16(19,20)21)22(2)15(23)25/h6-8H,3-5H2,1-2H3. The first-order valence-corrected chi connectivity index (χ1v) is 8.06. The van der Waals surface area contributed by atoms with Gasteiger partial charge in [0.2, 0.25) is 0 Å². The molecule has 27 heavy (non-hydrogen) atoms. The van der Waals surface area contributed by atoms with E-state index in [9.17, 15) is 27.2 Å². The molecule has 148 valence electrons. The average Bonchev–Trinajstić information content (AvgIpc) is 2.57. The highest BCUT2D eigenvalue weighted by molar-refractivity contribution is 6.32. The summed E-state index contributed by atoms with van der Waals surface area (Å²) in [6.45, 7) is 2.48. The first-order chi connectivity index (χ1) is 12.6. The van der Waals surface area contributed by atoms with Crippen molar-refractivity contribution in [1.82, 2.24) is 9.13 Å². The third-order valence-electron chi connectivity index (χ3n) is 3.54. The van der Waals surface area contributed by atoms with Gasteiger partial charge in [0.05, 0.1) is 17.3 Å². The van der Waals surface area contributed by atoms with Crippen LogP contribution >= 0.6 is 11.6 Å². The maximum atomic E-state index is 14.3. The molecule has 0 spiro atoms. The molecule has 0 aliphatic heterocycles. The van der Waals surface area contributed by atoms with Gasteiger partial charge in [-0.2, -0.15) is 13.2 Å². The summed E-state index contributed by atoms with van der Waals surface area (Å²) in [4.78, 5) is 24.4. The Morgan fingerprint density at radius 1 is 1.15 bits per heavy atom. The molecule has 0 radical (unpaired) electrons. The van der Waals surface area contributed by atoms with Crippen molar-refractivity contribution in [3.8, 4) is 11.4 Å². The van der Waals surface area contributed by atoms with Gasteiger partial charge in [-0.1, -0.05) is 11.6 Å². The fourth-order valence-corrected chi connectivity index (χ4v) is 2.48. The Labute approximate surface area is 155 Å². The van der Waals surface area contributed by atoms with Gasteiger partial charge in [0.25, 0.3) is 5.56 Å². The SMILES string of the molecule is CCOCCOc1cc(-n2c(=O)cc(C(F)(F)F)n(C)c2=O)c(F)cc1Cl. The van der Waals surface area contributed by atoms with Gasteiger partial charge in [-0.25, -0.2) is 13.8 Å². The van der Waals surface area contributed by atoms with Gasteiger partial charge in [0.1, 0.15) is 23.9 Å². The number of aromatic nitrogens is 2. The first-order valence-electron chi connectivity index (χ1n) is 7.68. The Kier molecular flexibility index (Phi) is 6.32. The molecular formula is C16H15ClF4N2O4. The van der Waals surface area contributed by atoms with Crippen LogP contribution in [0.5, 0.6) is 5.75 Å². The van der Waals surface area contributed by atoms with Crippen LogP contribution in [-0.2, 0) is 18.0 Å². The van der Waals surface area contributed by atoms with E-state index >= 15 is 0 Å². The van der Waals surface area contributed by atoms with Gasteiger partial charge in [0, 0.05) is 25.8 Å². The molecule has 2 rings (SSSR count). The normalized spacial score (nSPS) is 11.7. The monoisotopic (exact) mass is 410 g/mol. The van der Waals surface area contributed by atoms with E-state index in [0.29, 0.717) is 6.61 Å². The molecule has 6 nitrogen and oxygen atoms in total. The second kappa shape index (κ2) is 8.13. The Bertz CT molecular complexity index is 953. The summed E-state index contributed by atoms with van der Waals surface area (Å²) in [7, 11) is 0.828. The minimum atomic E-state index is -4.92. The van der Waals surface area contributed by atoms with Crippen molar-refractivity contribution >= 4 is 11.6 Å². The molecule has 1 aromatic heterocycles. The highest BCUT2D eigenvalue weighted by atomic mass is 35.5. The number of hydrogen-bond acceptors (Lipinski definition) is 4. The number of ether oxygens (including phenoxy) is 2. The summed E-state index contributed by atoms with van der Waals surface area (Å²) in [6.07, 6.45) is -4.92. The van der Waals surface area contributed by atoms with Crippen molar-refractivity contribution in [2.75, 3.05) is 19.8 Å². The number of nitrogens with zero attached hydrogens (tertiary/aromatic N) is 2. The van der Waals surface area contributed by atoms with E-state index in [1.54, 1.807) is 6.92 Å². The van der Waals surface area contributed by atoms with Crippen molar-refractivity contribution in [3.63, 3.8) is 0 Å². The van der Waals surface area contributed by atoms with Crippen LogP contribution in [0, 0.1) is 5.82 Å². The zero-order valence-electron chi connectivity index (χ0n) is 14.3. The van der Waals surface area contributed by atoms with E-state index in [0.717, 1.165) is 19.2 Å². The molecule has 0 N–H and O–H groups in total. The Morgan fingerprint density at radius 2 is 1.81 bits per heavy atom. The molecule has 2 aromatic rings. The lowest BCUT2D eigenvalue weighted by Crippen LogP contribution is -2.41. The minimum Gasteiger partial charge on any atom is -0.490 e. The third kappa shape index (κ3) is 4.51. The molecule has 0 bridgehead atoms. The van der Waals surface area contributed by atoms with E-state index < -0.39 is 34.6 Å². The average molecular weight is 411 g/mol. The Hall–Kier alpha value is -2.33. The lowest BCUT2D eigenvalue weighted by molar-refractivity contribution is -0.144. The number of halogens is 5. The molecule has 1 aromatic carbocycles. The number of rotatable bonds is 6. The number of benzene rings is 1. The van der Waals surface area contributed by atoms with E-state index in [1.807, 2.05) is 0 Å². The fraction of sp³-hybridized carbons (Fsp3) is 0.375. The Morgan fingerprint density at radius 3 is 2.41 bits per heavy atom. The van der Waals surface area contributed by atoms with Crippen molar-refractivity contribution in [3.05, 3.63) is 55.6 Å². The summed E-state index contributed by atoms with van der Waals surface area (Å²) in [5.74, 6) is -1.13. The summed E-state index contributed by atoms with van der Waals surface area (Å²) in [5, 5.41) is -0.135. The largest absolute Gasteiger partial charge is 0.490 e. The molecule has 0 atom stereocenters. The van der Waals surface area contributed by atoms with Crippen LogP contribution in [0.2, 0.25) is 5.02 Å². The quantitative estimate of drug-likeness (QED) is 0.542. The lowest BCUT2D eigenvalue weighted by atomic mass is 10.2. The van der Waals surface area contributed by atoms with Crippen LogP contribution in [0.4, 0.5) is 17.6 Å². The van der Waals surface area contributed by atoms with Crippen LogP contribution in [0.15, 0.2) is 27.8 Å². The summed E-state index contributed by atoms with van der Waals surface area (Å²) in [5.41, 5.74) is -4.73. The van der Waals surface area contributed by atoms with Crippen molar-refractivity contribution in [1.29, 1.82) is 0 Å². The van der Waals surface area contributed by atoms with Gasteiger partial charge in [-0.15, -0.1) is 0 Å². The predicted molar refractivity (Wildman–Crippen MR) is 89.2 cm³/mol. The van der Waals surface area contributed by atoms with Gasteiger partial charge < -0.3 is 9.47 Å². The summed E-state index contributed by atoms with van der Waals surface area (Å²) >= 11 is 5.87. The molecular weight excluding hydrogens is 396 g/mol. The second-order valence-corrected chi connectivity index (χ2v) is 5.73. The Balaban J connectivity index is 2.57. The minimum absolute atomic E-state index is 0.0541. The zero-order valence-corrected chi connectivity index (χ0v) is 15.0. The summed E-state index contributed by atoms with van der Waals surface area (Å²) < 4.78 is 63.9. The molecule has 0 saturated carbocycles. The van der Waals surface area contributed by atoms with Crippen LogP contribution in [-0.4, -0.2) is 29.0 Å². The number of hydrogen-bond donors (Lipinski definition) is 0. The van der Waals surface area contributed by atoms with Crippen molar-refractivity contribution < 1.29 is 27.0 Å². The smallest absolute Gasteiger partial charge is 0.431 e. The molecule has 0 aliphatic rings. The highest BCUT2D eigenvalue weighted by Crippen LogP contribution is 2.30. The first kappa shape index (κ1) is 21.0. The highest BCUT2D eigenvalue weighted by Gasteiger charge is 2.35. The maximum Gasteiger partial charge on any atom is 0.431 e. The summed E-state index contributed by atoms with van der Waals surface area (Å²) in [6, 6.07) is 1.99. The van der Waals surface area contributed by atoms with Gasteiger partial charge >= 0.3 is 11.9 Å². The molecule has 0 saturated heterocycles. The molecule has 0 aliphatic carbocycles. The second-order valence-electron chi connectivity index (χ2n) is 5.32. The van der Waals surface area contributed by atoms with Crippen LogP contribution in [0.1, 0.15) is 12.6 Å². The van der Waals surface area contributed by atoms with Gasteiger partial charge in [-0.3, -0.25) is 9.36 Å². The third-order valence-corrected chi connectivity index (χ3v) is 3.84. The van der Waals surface area contributed by atoms with Gasteiger partial charge in [0.15, 0.2) is 0 Å². The van der Waals surface area contributed by atoms with Gasteiger partial charge in [-0.05, 0) is 13.0 Å². The zero-order chi connectivity index (χ0) is 20.4. The predicted octanol–water partition coefficient (Wildman–Crippen LogP) is 2.76. The molecule has 0 fully saturated rings. The van der Waals surface area contributed by atoms with E-state index in [1.165, 1.54) is 0 Å². The van der Waals surface area contributed by atoms with E-state index in [2.05, 4.69) is 0 Å². The van der Waals surface area contributed by atoms with Crippen LogP contribution in [0.3, 0.4) is 0 Å². The lowest BCUT2D eigenvalue weighted by Gasteiger charge is -2.15. The molecule has 0 unspecified atom stereocenters. The maximum absolute atomic E-state index is 14.3. The molecule has 1 heterocycles. The topological polar surface area (TPSA) is 62.5 Å². The van der Waals surface area contributed by atoms with E-state index in [4.69, 9.17) is 21.1 Å². The van der Waals surface area contributed by atoms with E-state index in [-0.39, 0.29) is 39.2 Å².